The number of aryl methyl sites for hydroxylation is 2. The molecule has 0 aliphatic rings. The van der Waals surface area contributed by atoms with E-state index in [9.17, 15) is 14.7 Å². The number of rotatable bonds is 10. The van der Waals surface area contributed by atoms with E-state index < -0.39 is 5.97 Å². The highest BCUT2D eigenvalue weighted by molar-refractivity contribution is 5.95. The van der Waals surface area contributed by atoms with Crippen LogP contribution in [0.4, 0.5) is 0 Å². The van der Waals surface area contributed by atoms with E-state index in [0.717, 1.165) is 36.2 Å². The fourth-order valence-electron chi connectivity index (χ4n) is 3.41. The van der Waals surface area contributed by atoms with Crippen LogP contribution in [0.25, 0.3) is 11.1 Å². The van der Waals surface area contributed by atoms with Crippen LogP contribution in [0.3, 0.4) is 0 Å². The summed E-state index contributed by atoms with van der Waals surface area (Å²) >= 11 is 0. The Morgan fingerprint density at radius 2 is 1.90 bits per heavy atom. The van der Waals surface area contributed by atoms with Crippen LogP contribution < -0.4 is 5.69 Å². The van der Waals surface area contributed by atoms with Crippen LogP contribution in [0.15, 0.2) is 66.0 Å². The molecule has 3 rings (SSSR count). The highest BCUT2D eigenvalue weighted by atomic mass is 16.4. The quantitative estimate of drug-likeness (QED) is 0.508. The third-order valence-electron chi connectivity index (χ3n) is 5.06. The van der Waals surface area contributed by atoms with Gasteiger partial charge in [0.15, 0.2) is 0 Å². The topological polar surface area (TPSA) is 77.1 Å². The van der Waals surface area contributed by atoms with E-state index in [1.807, 2.05) is 36.4 Å². The first-order valence-corrected chi connectivity index (χ1v) is 10.2. The molecule has 0 saturated carbocycles. The Morgan fingerprint density at radius 3 is 2.57 bits per heavy atom. The molecule has 6 nitrogen and oxygen atoms in total. The fraction of sp³-hybridized carbons (Fsp3) is 0.292. The minimum absolute atomic E-state index is 0.0946. The molecule has 0 unspecified atom stereocenters. The molecule has 30 heavy (non-hydrogen) atoms. The van der Waals surface area contributed by atoms with Gasteiger partial charge in [0.2, 0.25) is 0 Å². The zero-order chi connectivity index (χ0) is 21.5. The van der Waals surface area contributed by atoms with Crippen molar-refractivity contribution in [1.82, 2.24) is 14.3 Å². The van der Waals surface area contributed by atoms with E-state index in [-0.39, 0.29) is 11.3 Å². The van der Waals surface area contributed by atoms with Crippen molar-refractivity contribution in [2.24, 2.45) is 0 Å². The lowest BCUT2D eigenvalue weighted by molar-refractivity contribution is 0.0697. The van der Waals surface area contributed by atoms with E-state index in [0.29, 0.717) is 25.1 Å². The summed E-state index contributed by atoms with van der Waals surface area (Å²) in [5.74, 6) is -0.191. The van der Waals surface area contributed by atoms with Gasteiger partial charge in [0, 0.05) is 13.0 Å². The number of hydrogen-bond donors (Lipinski definition) is 1. The van der Waals surface area contributed by atoms with Gasteiger partial charge >= 0.3 is 11.7 Å². The predicted molar refractivity (Wildman–Crippen MR) is 118 cm³/mol. The third kappa shape index (κ3) is 4.76. The van der Waals surface area contributed by atoms with Crippen LogP contribution in [0.5, 0.6) is 0 Å². The molecule has 1 heterocycles. The van der Waals surface area contributed by atoms with Gasteiger partial charge in [-0.2, -0.15) is 5.10 Å². The van der Waals surface area contributed by atoms with Crippen LogP contribution in [-0.4, -0.2) is 25.4 Å². The monoisotopic (exact) mass is 405 g/mol. The number of unbranched alkanes of at least 4 members (excludes halogenated alkanes) is 1. The van der Waals surface area contributed by atoms with Crippen molar-refractivity contribution in [1.29, 1.82) is 0 Å². The number of carboxylic acids is 1. The van der Waals surface area contributed by atoms with Crippen LogP contribution in [0, 0.1) is 0 Å². The zero-order valence-corrected chi connectivity index (χ0v) is 17.3. The molecule has 0 spiro atoms. The van der Waals surface area contributed by atoms with Gasteiger partial charge in [-0.25, -0.2) is 14.3 Å². The van der Waals surface area contributed by atoms with Crippen molar-refractivity contribution in [2.75, 3.05) is 0 Å². The summed E-state index contributed by atoms with van der Waals surface area (Å²) in [5.41, 5.74) is 2.64. The second kappa shape index (κ2) is 9.87. The van der Waals surface area contributed by atoms with E-state index >= 15 is 0 Å². The normalized spacial score (nSPS) is 10.8. The smallest absolute Gasteiger partial charge is 0.346 e. The number of carbonyl (C=O) groups is 1. The molecule has 0 aliphatic heterocycles. The summed E-state index contributed by atoms with van der Waals surface area (Å²) in [7, 11) is 0. The molecule has 0 fully saturated rings. The second-order valence-electron chi connectivity index (χ2n) is 7.24. The molecule has 1 N–H and O–H groups in total. The predicted octanol–water partition coefficient (Wildman–Crippen LogP) is 4.38. The summed E-state index contributed by atoms with van der Waals surface area (Å²) < 4.78 is 3.28. The average Bonchev–Trinajstić information content (AvgIpc) is 3.05. The van der Waals surface area contributed by atoms with Crippen LogP contribution >= 0.6 is 0 Å². The molecule has 6 heteroatoms. The Labute approximate surface area is 176 Å². The van der Waals surface area contributed by atoms with E-state index in [2.05, 4.69) is 18.6 Å². The molecular formula is C24H27N3O3. The third-order valence-corrected chi connectivity index (χ3v) is 5.06. The Hall–Kier alpha value is -3.41. The van der Waals surface area contributed by atoms with E-state index in [1.165, 1.54) is 0 Å². The Kier molecular flexibility index (Phi) is 7.01. The number of allylic oxidation sites excluding steroid dienone is 1. The molecule has 0 atom stereocenters. The second-order valence-corrected chi connectivity index (χ2v) is 7.24. The summed E-state index contributed by atoms with van der Waals surface area (Å²) in [6.07, 6.45) is 5.17. The summed E-state index contributed by atoms with van der Waals surface area (Å²) in [5, 5.41) is 13.9. The fourth-order valence-corrected chi connectivity index (χ4v) is 3.41. The number of benzene rings is 2. The lowest BCUT2D eigenvalue weighted by Gasteiger charge is -2.09. The molecule has 0 bridgehead atoms. The van der Waals surface area contributed by atoms with Crippen molar-refractivity contribution >= 4 is 5.97 Å². The Morgan fingerprint density at radius 1 is 1.17 bits per heavy atom. The summed E-state index contributed by atoms with van der Waals surface area (Å²) in [6.45, 7) is 6.90. The van der Waals surface area contributed by atoms with Crippen molar-refractivity contribution in [3.63, 3.8) is 0 Å². The van der Waals surface area contributed by atoms with Crippen LogP contribution in [-0.2, 0) is 19.5 Å². The van der Waals surface area contributed by atoms with Crippen molar-refractivity contribution < 1.29 is 9.90 Å². The van der Waals surface area contributed by atoms with Crippen molar-refractivity contribution in [3.8, 4) is 11.1 Å². The molecule has 1 aromatic heterocycles. The summed E-state index contributed by atoms with van der Waals surface area (Å²) in [6, 6.07) is 14.6. The molecule has 0 aliphatic carbocycles. The molecule has 2 aromatic carbocycles. The minimum Gasteiger partial charge on any atom is -0.478 e. The van der Waals surface area contributed by atoms with Crippen LogP contribution in [0.2, 0.25) is 0 Å². The minimum atomic E-state index is -0.951. The largest absolute Gasteiger partial charge is 0.478 e. The van der Waals surface area contributed by atoms with Gasteiger partial charge in [-0.3, -0.25) is 4.57 Å². The Bertz CT molecular complexity index is 1080. The van der Waals surface area contributed by atoms with E-state index in [4.69, 9.17) is 0 Å². The van der Waals surface area contributed by atoms with Gasteiger partial charge in [0.05, 0.1) is 12.1 Å². The molecular weight excluding hydrogens is 378 g/mol. The van der Waals surface area contributed by atoms with Gasteiger partial charge in [-0.1, -0.05) is 61.9 Å². The number of nitrogens with zero attached hydrogens (tertiary/aromatic N) is 3. The standard InChI is InChI=1S/C24H27N3O3/c1-3-5-11-22-25-27(16-6-4-2)24(30)26(22)17-18-12-14-19(15-13-18)20-9-7-8-10-21(20)23(28)29/h3,7-10,12-15H,1,4-6,11,16-17H2,2H3,(H,28,29). The first-order chi connectivity index (χ1) is 14.5. The first kappa shape index (κ1) is 21.3. The van der Waals surface area contributed by atoms with Gasteiger partial charge in [0.25, 0.3) is 0 Å². The highest BCUT2D eigenvalue weighted by Crippen LogP contribution is 2.24. The van der Waals surface area contributed by atoms with Crippen molar-refractivity contribution in [2.45, 2.75) is 45.7 Å². The SMILES string of the molecule is C=CCCc1nn(CCCC)c(=O)n1Cc1ccc(-c2ccccc2C(=O)O)cc1. The number of hydrogen-bond acceptors (Lipinski definition) is 3. The lowest BCUT2D eigenvalue weighted by atomic mass is 9.99. The zero-order valence-electron chi connectivity index (χ0n) is 17.3. The molecule has 3 aromatic rings. The van der Waals surface area contributed by atoms with Gasteiger partial charge in [-0.05, 0) is 35.6 Å². The lowest BCUT2D eigenvalue weighted by Crippen LogP contribution is -2.26. The van der Waals surface area contributed by atoms with Gasteiger partial charge in [-0.15, -0.1) is 6.58 Å². The number of aromatic nitrogens is 3. The maximum Gasteiger partial charge on any atom is 0.346 e. The average molecular weight is 405 g/mol. The summed E-state index contributed by atoms with van der Waals surface area (Å²) in [4.78, 5) is 24.3. The van der Waals surface area contributed by atoms with Crippen molar-refractivity contribution in [3.05, 3.63) is 88.6 Å². The molecule has 0 amide bonds. The highest BCUT2D eigenvalue weighted by Gasteiger charge is 2.14. The van der Waals surface area contributed by atoms with E-state index in [1.54, 1.807) is 27.4 Å². The first-order valence-electron chi connectivity index (χ1n) is 10.2. The number of aromatic carboxylic acids is 1. The maximum atomic E-state index is 12.8. The Balaban J connectivity index is 1.88. The number of carboxylic acid groups (broad SMARTS) is 1. The van der Waals surface area contributed by atoms with Crippen LogP contribution in [0.1, 0.15) is 47.9 Å². The maximum absolute atomic E-state index is 12.8. The van der Waals surface area contributed by atoms with Gasteiger partial charge in [0.1, 0.15) is 5.82 Å². The van der Waals surface area contributed by atoms with Gasteiger partial charge < -0.3 is 5.11 Å². The molecule has 0 saturated heterocycles. The molecule has 0 radical (unpaired) electrons. The molecule has 156 valence electrons.